The topological polar surface area (TPSA) is 65.0 Å². The lowest BCUT2D eigenvalue weighted by Crippen LogP contribution is -2.25. The molecule has 2 aliphatic heterocycles. The fourth-order valence-electron chi connectivity index (χ4n) is 3.29. The van der Waals surface area contributed by atoms with Crippen molar-refractivity contribution in [2.75, 3.05) is 6.79 Å². The van der Waals surface area contributed by atoms with Crippen LogP contribution in [0.3, 0.4) is 0 Å². The Balaban J connectivity index is 1.73. The second kappa shape index (κ2) is 4.29. The number of carbonyl (C=O) groups is 1. The summed E-state index contributed by atoms with van der Waals surface area (Å²) in [4.78, 5) is 11.7. The van der Waals surface area contributed by atoms with Crippen LogP contribution in [0.1, 0.15) is 25.5 Å². The quantitative estimate of drug-likeness (QED) is 0.863. The number of rotatable bonds is 1. The third kappa shape index (κ3) is 1.68. The number of hydrogen-bond acceptors (Lipinski definition) is 5. The van der Waals surface area contributed by atoms with E-state index < -0.39 is 11.2 Å². The molecule has 2 heterocycles. The number of hydrogen-bond donors (Lipinski definition) is 1. The minimum atomic E-state index is -0.487. The average molecular weight is 300 g/mol. The summed E-state index contributed by atoms with van der Waals surface area (Å²) in [5.74, 6) is 1.47. The number of ketones is 1. The first kappa shape index (κ1) is 13.2. The summed E-state index contributed by atoms with van der Waals surface area (Å²) < 4.78 is 16.8. The third-order valence-electron chi connectivity index (χ3n) is 4.86. The number of aliphatic hydroxyl groups is 1. The Hall–Kier alpha value is -2.43. The predicted octanol–water partition coefficient (Wildman–Crippen LogP) is 3.04. The maximum atomic E-state index is 11.7. The van der Waals surface area contributed by atoms with Crippen LogP contribution in [0.25, 0.3) is 0 Å². The molecule has 0 aromatic heterocycles. The van der Waals surface area contributed by atoms with Crippen molar-refractivity contribution in [1.82, 2.24) is 0 Å². The number of fused-ring (bicyclic) bond motifs is 2. The summed E-state index contributed by atoms with van der Waals surface area (Å²) in [5, 5.41) is 9.77. The van der Waals surface area contributed by atoms with Crippen molar-refractivity contribution in [3.8, 4) is 11.5 Å². The van der Waals surface area contributed by atoms with E-state index in [0.717, 1.165) is 11.3 Å². The van der Waals surface area contributed by atoms with Gasteiger partial charge in [-0.3, -0.25) is 4.79 Å². The van der Waals surface area contributed by atoms with Crippen LogP contribution >= 0.6 is 0 Å². The number of aliphatic hydroxyl groups excluding tert-OH is 1. The van der Waals surface area contributed by atoms with Gasteiger partial charge in [0.05, 0.1) is 5.41 Å². The number of carbonyl (C=O) groups excluding carboxylic acids is 1. The minimum Gasteiger partial charge on any atom is -0.504 e. The van der Waals surface area contributed by atoms with Gasteiger partial charge in [-0.25, -0.2) is 0 Å². The summed E-state index contributed by atoms with van der Waals surface area (Å²) >= 11 is 0. The van der Waals surface area contributed by atoms with E-state index >= 15 is 0 Å². The van der Waals surface area contributed by atoms with Crippen LogP contribution < -0.4 is 9.47 Å². The van der Waals surface area contributed by atoms with Crippen LogP contribution in [-0.2, 0) is 9.53 Å². The van der Waals surface area contributed by atoms with Crippen LogP contribution in [0, 0.1) is 11.3 Å². The van der Waals surface area contributed by atoms with Crippen molar-refractivity contribution >= 4 is 5.78 Å². The molecule has 4 rings (SSSR count). The molecular formula is C17H16O5. The van der Waals surface area contributed by atoms with E-state index in [4.69, 9.17) is 14.2 Å². The second-order valence-electron chi connectivity index (χ2n) is 6.12. The fourth-order valence-corrected chi connectivity index (χ4v) is 3.29. The predicted molar refractivity (Wildman–Crippen MR) is 77.5 cm³/mol. The first-order valence-electron chi connectivity index (χ1n) is 7.23. The number of allylic oxidation sites excluding steroid dienone is 2. The largest absolute Gasteiger partial charge is 0.504 e. The van der Waals surface area contributed by atoms with Crippen molar-refractivity contribution in [1.29, 1.82) is 0 Å². The molecule has 1 saturated heterocycles. The van der Waals surface area contributed by atoms with Crippen molar-refractivity contribution in [2.45, 2.75) is 20.0 Å². The van der Waals surface area contributed by atoms with E-state index in [1.807, 2.05) is 25.1 Å². The Bertz CT molecular complexity index is 733. The van der Waals surface area contributed by atoms with E-state index in [1.54, 1.807) is 6.08 Å². The van der Waals surface area contributed by atoms with Crippen molar-refractivity contribution in [3.63, 3.8) is 0 Å². The van der Waals surface area contributed by atoms with Gasteiger partial charge in [0.2, 0.25) is 12.6 Å². The summed E-state index contributed by atoms with van der Waals surface area (Å²) in [7, 11) is 0. The molecule has 1 fully saturated rings. The highest BCUT2D eigenvalue weighted by atomic mass is 16.7. The van der Waals surface area contributed by atoms with Gasteiger partial charge >= 0.3 is 0 Å². The molecule has 0 amide bonds. The van der Waals surface area contributed by atoms with Crippen LogP contribution in [-0.4, -0.2) is 17.7 Å². The molecule has 1 aliphatic carbocycles. The van der Waals surface area contributed by atoms with Crippen LogP contribution in [0.4, 0.5) is 0 Å². The van der Waals surface area contributed by atoms with E-state index in [0.29, 0.717) is 11.5 Å². The number of benzene rings is 1. The molecule has 0 saturated carbocycles. The van der Waals surface area contributed by atoms with Crippen molar-refractivity contribution in [3.05, 3.63) is 47.4 Å². The zero-order valence-electron chi connectivity index (χ0n) is 12.3. The standard InChI is InChI=1S/C17H16O5/c1-9-16(10-3-4-13-14(5-10)21-8-20-13)22-15-6-11(18)12(19)7-17(9,15)2/h3-7,9,16,19H,8H2,1-2H3/t9-,16+,17+/m1/s1. The van der Waals surface area contributed by atoms with E-state index in [-0.39, 0.29) is 24.6 Å². The zero-order chi connectivity index (χ0) is 15.5. The average Bonchev–Trinajstić information content (AvgIpc) is 3.04. The Morgan fingerprint density at radius 2 is 2.05 bits per heavy atom. The van der Waals surface area contributed by atoms with Gasteiger partial charge < -0.3 is 19.3 Å². The van der Waals surface area contributed by atoms with Crippen LogP contribution in [0.2, 0.25) is 0 Å². The molecule has 3 aliphatic rings. The smallest absolute Gasteiger partial charge is 0.231 e. The van der Waals surface area contributed by atoms with Gasteiger partial charge in [-0.1, -0.05) is 13.0 Å². The van der Waals surface area contributed by atoms with Crippen LogP contribution in [0.15, 0.2) is 41.9 Å². The Morgan fingerprint density at radius 3 is 2.86 bits per heavy atom. The Labute approximate surface area is 127 Å². The molecule has 3 atom stereocenters. The normalized spacial score (nSPS) is 32.2. The molecule has 0 spiro atoms. The minimum absolute atomic E-state index is 0.0642. The molecule has 1 N–H and O–H groups in total. The van der Waals surface area contributed by atoms with Gasteiger partial charge in [0.15, 0.2) is 17.3 Å². The highest BCUT2D eigenvalue weighted by Crippen LogP contribution is 2.55. The Morgan fingerprint density at radius 1 is 1.27 bits per heavy atom. The molecule has 0 bridgehead atoms. The van der Waals surface area contributed by atoms with Gasteiger partial charge in [-0.2, -0.15) is 0 Å². The first-order valence-corrected chi connectivity index (χ1v) is 7.23. The molecule has 114 valence electrons. The fraction of sp³-hybridized carbons (Fsp3) is 0.353. The van der Waals surface area contributed by atoms with Gasteiger partial charge in [-0.05, 0) is 30.7 Å². The second-order valence-corrected chi connectivity index (χ2v) is 6.12. The number of ether oxygens (including phenoxy) is 3. The Kier molecular flexibility index (Phi) is 2.58. The molecule has 5 nitrogen and oxygen atoms in total. The first-order chi connectivity index (χ1) is 10.5. The van der Waals surface area contributed by atoms with Gasteiger partial charge in [0.1, 0.15) is 11.9 Å². The molecule has 0 unspecified atom stereocenters. The van der Waals surface area contributed by atoms with Gasteiger partial charge in [-0.15, -0.1) is 0 Å². The lowest BCUT2D eigenvalue weighted by Gasteiger charge is -2.27. The van der Waals surface area contributed by atoms with Gasteiger partial charge in [0, 0.05) is 12.0 Å². The summed E-state index contributed by atoms with van der Waals surface area (Å²) in [5.41, 5.74) is 0.479. The lowest BCUT2D eigenvalue weighted by molar-refractivity contribution is -0.114. The lowest BCUT2D eigenvalue weighted by atomic mass is 9.72. The molecule has 1 aromatic rings. The summed E-state index contributed by atoms with van der Waals surface area (Å²) in [6.07, 6.45) is 2.78. The third-order valence-corrected chi connectivity index (χ3v) is 4.86. The molecule has 22 heavy (non-hydrogen) atoms. The summed E-state index contributed by atoms with van der Waals surface area (Å²) in [6, 6.07) is 5.72. The highest BCUT2D eigenvalue weighted by molar-refractivity contribution is 6.03. The highest BCUT2D eigenvalue weighted by Gasteiger charge is 2.50. The van der Waals surface area contributed by atoms with E-state index in [9.17, 15) is 9.90 Å². The maximum Gasteiger partial charge on any atom is 0.231 e. The van der Waals surface area contributed by atoms with E-state index in [2.05, 4.69) is 6.92 Å². The van der Waals surface area contributed by atoms with E-state index in [1.165, 1.54) is 6.08 Å². The molecule has 1 aromatic carbocycles. The van der Waals surface area contributed by atoms with Gasteiger partial charge in [0.25, 0.3) is 0 Å². The van der Waals surface area contributed by atoms with Crippen molar-refractivity contribution in [2.24, 2.45) is 11.3 Å². The monoisotopic (exact) mass is 300 g/mol. The SMILES string of the molecule is C[C@@H]1[C@@H](c2ccc3c(c2)OCO3)OC2=CC(=O)C(O)=C[C@]21C. The maximum absolute atomic E-state index is 11.7. The van der Waals surface area contributed by atoms with Crippen LogP contribution in [0.5, 0.6) is 11.5 Å². The van der Waals surface area contributed by atoms with Crippen molar-refractivity contribution < 1.29 is 24.1 Å². The molecular weight excluding hydrogens is 284 g/mol. The molecule has 5 heteroatoms. The summed E-state index contributed by atoms with van der Waals surface area (Å²) in [6.45, 7) is 4.25. The molecule has 0 radical (unpaired) electrons. The zero-order valence-corrected chi connectivity index (χ0v) is 12.3.